The summed E-state index contributed by atoms with van der Waals surface area (Å²) in [6.07, 6.45) is 0. The molecule has 1 unspecified atom stereocenters. The summed E-state index contributed by atoms with van der Waals surface area (Å²) < 4.78 is 13.4. The van der Waals surface area contributed by atoms with Crippen LogP contribution in [-0.2, 0) is 0 Å². The second kappa shape index (κ2) is 5.71. The van der Waals surface area contributed by atoms with Crippen molar-refractivity contribution in [1.82, 2.24) is 10.2 Å². The van der Waals surface area contributed by atoms with E-state index in [1.165, 1.54) is 23.5 Å². The molecule has 2 aromatic carbocycles. The maximum Gasteiger partial charge on any atom is 0.148 e. The molecule has 0 bridgehead atoms. The summed E-state index contributed by atoms with van der Waals surface area (Å²) in [6, 6.07) is 14.1. The van der Waals surface area contributed by atoms with Crippen LogP contribution in [0.25, 0.3) is 10.6 Å². The number of hydrogen-bond donors (Lipinski definition) is 1. The van der Waals surface area contributed by atoms with Crippen LogP contribution in [0.2, 0.25) is 0 Å². The van der Waals surface area contributed by atoms with E-state index in [-0.39, 0.29) is 11.9 Å². The lowest BCUT2D eigenvalue weighted by Crippen LogP contribution is -2.11. The third-order valence-corrected chi connectivity index (χ3v) is 4.34. The van der Waals surface area contributed by atoms with E-state index in [0.717, 1.165) is 21.7 Å². The third kappa shape index (κ3) is 2.84. The van der Waals surface area contributed by atoms with Crippen LogP contribution in [0, 0.1) is 12.7 Å². The molecule has 2 N–H and O–H groups in total. The number of hydrogen-bond acceptors (Lipinski definition) is 4. The number of rotatable bonds is 3. The fourth-order valence-electron chi connectivity index (χ4n) is 2.10. The van der Waals surface area contributed by atoms with Crippen LogP contribution >= 0.6 is 11.3 Å². The summed E-state index contributed by atoms with van der Waals surface area (Å²) in [4.78, 5) is 0. The molecule has 0 fully saturated rings. The molecule has 3 rings (SSSR count). The molecule has 0 aliphatic carbocycles. The lowest BCUT2D eigenvalue weighted by atomic mass is 10.1. The van der Waals surface area contributed by atoms with Gasteiger partial charge < -0.3 is 5.73 Å². The van der Waals surface area contributed by atoms with Crippen LogP contribution in [0.1, 0.15) is 22.2 Å². The molecule has 1 aromatic heterocycles. The molecule has 0 radical (unpaired) electrons. The molecule has 1 atom stereocenters. The molecule has 21 heavy (non-hydrogen) atoms. The second-order valence-corrected chi connectivity index (χ2v) is 5.80. The van der Waals surface area contributed by atoms with E-state index in [1.807, 2.05) is 37.3 Å². The zero-order valence-electron chi connectivity index (χ0n) is 11.5. The quantitative estimate of drug-likeness (QED) is 0.802. The highest BCUT2D eigenvalue weighted by Gasteiger charge is 2.16. The Labute approximate surface area is 126 Å². The molecule has 1 heterocycles. The first-order valence-corrected chi connectivity index (χ1v) is 7.37. The highest BCUT2D eigenvalue weighted by atomic mass is 32.1. The van der Waals surface area contributed by atoms with Gasteiger partial charge in [-0.3, -0.25) is 0 Å². The van der Waals surface area contributed by atoms with Gasteiger partial charge in [0, 0.05) is 5.56 Å². The number of aromatic nitrogens is 2. The molecule has 3 nitrogen and oxygen atoms in total. The van der Waals surface area contributed by atoms with Crippen molar-refractivity contribution in [3.8, 4) is 10.6 Å². The first kappa shape index (κ1) is 13.9. The SMILES string of the molecule is Cc1ccc(F)cc1-c1nnc(C(N)c2ccccc2)s1. The highest BCUT2D eigenvalue weighted by Crippen LogP contribution is 2.30. The van der Waals surface area contributed by atoms with Gasteiger partial charge in [-0.2, -0.15) is 0 Å². The van der Waals surface area contributed by atoms with Gasteiger partial charge in [-0.1, -0.05) is 47.7 Å². The minimum absolute atomic E-state index is 0.278. The number of benzene rings is 2. The van der Waals surface area contributed by atoms with Gasteiger partial charge in [0.05, 0.1) is 6.04 Å². The number of halogens is 1. The van der Waals surface area contributed by atoms with E-state index in [1.54, 1.807) is 6.07 Å². The summed E-state index contributed by atoms with van der Waals surface area (Å²) in [6.45, 7) is 1.92. The second-order valence-electron chi connectivity index (χ2n) is 4.79. The minimum Gasteiger partial charge on any atom is -0.318 e. The molecule has 0 spiro atoms. The molecule has 3 aromatic rings. The normalized spacial score (nSPS) is 12.3. The highest BCUT2D eigenvalue weighted by molar-refractivity contribution is 7.14. The lowest BCUT2D eigenvalue weighted by Gasteiger charge is -2.07. The van der Waals surface area contributed by atoms with Crippen LogP contribution in [-0.4, -0.2) is 10.2 Å². The smallest absolute Gasteiger partial charge is 0.148 e. The van der Waals surface area contributed by atoms with Crippen molar-refractivity contribution in [3.63, 3.8) is 0 Å². The van der Waals surface area contributed by atoms with Gasteiger partial charge in [-0.15, -0.1) is 10.2 Å². The standard InChI is InChI=1S/C16H14FN3S/c1-10-7-8-12(17)9-13(10)15-19-20-16(21-15)14(18)11-5-3-2-4-6-11/h2-9,14H,18H2,1H3. The van der Waals surface area contributed by atoms with Gasteiger partial charge in [-0.05, 0) is 30.2 Å². The van der Waals surface area contributed by atoms with E-state index in [4.69, 9.17) is 5.73 Å². The van der Waals surface area contributed by atoms with Crippen LogP contribution in [0.5, 0.6) is 0 Å². The van der Waals surface area contributed by atoms with Crippen molar-refractivity contribution < 1.29 is 4.39 Å². The van der Waals surface area contributed by atoms with E-state index in [0.29, 0.717) is 5.01 Å². The third-order valence-electron chi connectivity index (χ3n) is 3.30. The molecule has 0 aliphatic rings. The van der Waals surface area contributed by atoms with Gasteiger partial charge in [0.25, 0.3) is 0 Å². The summed E-state index contributed by atoms with van der Waals surface area (Å²) in [5.74, 6) is -0.278. The molecular formula is C16H14FN3S. The fraction of sp³-hybridized carbons (Fsp3) is 0.125. The van der Waals surface area contributed by atoms with E-state index in [9.17, 15) is 4.39 Å². The number of nitrogens with zero attached hydrogens (tertiary/aromatic N) is 2. The molecular weight excluding hydrogens is 285 g/mol. The molecule has 5 heteroatoms. The Balaban J connectivity index is 1.95. The van der Waals surface area contributed by atoms with Crippen molar-refractivity contribution in [1.29, 1.82) is 0 Å². The minimum atomic E-state index is -0.314. The Morgan fingerprint density at radius 1 is 1.10 bits per heavy atom. The van der Waals surface area contributed by atoms with Crippen molar-refractivity contribution in [2.24, 2.45) is 5.73 Å². The first-order chi connectivity index (χ1) is 10.1. The average Bonchev–Trinajstić information content (AvgIpc) is 2.99. The van der Waals surface area contributed by atoms with Crippen molar-refractivity contribution in [3.05, 3.63) is 70.5 Å². The summed E-state index contributed by atoms with van der Waals surface area (Å²) in [5, 5.41) is 9.73. The van der Waals surface area contributed by atoms with Gasteiger partial charge >= 0.3 is 0 Å². The Morgan fingerprint density at radius 3 is 2.62 bits per heavy atom. The largest absolute Gasteiger partial charge is 0.318 e. The van der Waals surface area contributed by atoms with Crippen LogP contribution in [0.15, 0.2) is 48.5 Å². The molecule has 0 saturated carbocycles. The first-order valence-electron chi connectivity index (χ1n) is 6.55. The Hall–Kier alpha value is -2.11. The van der Waals surface area contributed by atoms with Crippen LogP contribution in [0.3, 0.4) is 0 Å². The zero-order chi connectivity index (χ0) is 14.8. The van der Waals surface area contributed by atoms with Crippen LogP contribution in [0.4, 0.5) is 4.39 Å². The zero-order valence-corrected chi connectivity index (χ0v) is 12.3. The molecule has 0 saturated heterocycles. The van der Waals surface area contributed by atoms with Crippen LogP contribution < -0.4 is 5.73 Å². The topological polar surface area (TPSA) is 51.8 Å². The monoisotopic (exact) mass is 299 g/mol. The van der Waals surface area contributed by atoms with Crippen molar-refractivity contribution in [2.45, 2.75) is 13.0 Å². The summed E-state index contributed by atoms with van der Waals surface area (Å²) >= 11 is 1.40. The van der Waals surface area contributed by atoms with Gasteiger partial charge in [0.15, 0.2) is 0 Å². The van der Waals surface area contributed by atoms with Crippen molar-refractivity contribution >= 4 is 11.3 Å². The Bertz CT molecular complexity index is 755. The maximum atomic E-state index is 13.4. The number of nitrogens with two attached hydrogens (primary N) is 1. The lowest BCUT2D eigenvalue weighted by molar-refractivity contribution is 0.628. The summed E-state index contributed by atoms with van der Waals surface area (Å²) in [5.41, 5.74) is 8.92. The molecule has 0 aliphatic heterocycles. The van der Waals surface area contributed by atoms with E-state index in [2.05, 4.69) is 10.2 Å². The Morgan fingerprint density at radius 2 is 1.86 bits per heavy atom. The van der Waals surface area contributed by atoms with Gasteiger partial charge in [0.2, 0.25) is 0 Å². The molecule has 0 amide bonds. The van der Waals surface area contributed by atoms with E-state index < -0.39 is 0 Å². The summed E-state index contributed by atoms with van der Waals surface area (Å²) in [7, 11) is 0. The molecule has 106 valence electrons. The average molecular weight is 299 g/mol. The predicted octanol–water partition coefficient (Wildman–Crippen LogP) is 3.70. The van der Waals surface area contributed by atoms with E-state index >= 15 is 0 Å². The predicted molar refractivity (Wildman–Crippen MR) is 82.5 cm³/mol. The fourth-order valence-corrected chi connectivity index (χ4v) is 3.05. The van der Waals surface area contributed by atoms with Gasteiger partial charge in [0.1, 0.15) is 15.8 Å². The number of aryl methyl sites for hydroxylation is 1. The maximum absolute atomic E-state index is 13.4. The Kier molecular flexibility index (Phi) is 3.77. The van der Waals surface area contributed by atoms with Crippen molar-refractivity contribution in [2.75, 3.05) is 0 Å². The van der Waals surface area contributed by atoms with Gasteiger partial charge in [-0.25, -0.2) is 4.39 Å².